The van der Waals surface area contributed by atoms with Crippen LogP contribution < -0.4 is 4.74 Å². The van der Waals surface area contributed by atoms with E-state index in [2.05, 4.69) is 0 Å². The average molecular weight is 455 g/mol. The van der Waals surface area contributed by atoms with Crippen molar-refractivity contribution >= 4 is 33.9 Å². The van der Waals surface area contributed by atoms with E-state index in [4.69, 9.17) is 16.3 Å². The fourth-order valence-electron chi connectivity index (χ4n) is 3.71. The molecule has 0 N–H and O–H groups in total. The van der Waals surface area contributed by atoms with Gasteiger partial charge in [-0.2, -0.15) is 0 Å². The summed E-state index contributed by atoms with van der Waals surface area (Å²) in [5, 5.41) is 1.87. The molecule has 0 aliphatic heterocycles. The largest absolute Gasteiger partial charge is 0.493 e. The van der Waals surface area contributed by atoms with Crippen LogP contribution >= 0.6 is 11.6 Å². The van der Waals surface area contributed by atoms with Gasteiger partial charge in [0.25, 0.3) is 0 Å². The molecule has 0 radical (unpaired) electrons. The number of hydrogen-bond donors (Lipinski definition) is 0. The number of rotatable bonds is 8. The molecule has 0 bridgehead atoms. The predicted octanol–water partition coefficient (Wildman–Crippen LogP) is 7.00. The first-order chi connectivity index (χ1) is 15.1. The van der Waals surface area contributed by atoms with Crippen LogP contribution in [-0.4, -0.2) is 18.2 Å². The van der Waals surface area contributed by atoms with Crippen LogP contribution in [0.2, 0.25) is 5.02 Å². The van der Waals surface area contributed by atoms with Crippen molar-refractivity contribution < 1.29 is 18.7 Å². The van der Waals surface area contributed by atoms with Crippen LogP contribution in [0.4, 0.5) is 4.39 Å². The van der Waals surface area contributed by atoms with Crippen LogP contribution in [0.25, 0.3) is 10.8 Å². The van der Waals surface area contributed by atoms with E-state index in [9.17, 15) is 9.59 Å². The van der Waals surface area contributed by atoms with Crippen LogP contribution in [-0.2, 0) is 17.6 Å². The lowest BCUT2D eigenvalue weighted by Gasteiger charge is -2.17. The zero-order valence-corrected chi connectivity index (χ0v) is 19.7. The number of benzene rings is 3. The Bertz CT molecular complexity index is 1160. The molecule has 0 heterocycles. The smallest absolute Gasteiger partial charge is 0.171 e. The summed E-state index contributed by atoms with van der Waals surface area (Å²) in [5.41, 5.74) is 0.492. The Morgan fingerprint density at radius 3 is 2.34 bits per heavy atom. The quantitative estimate of drug-likeness (QED) is 0.344. The standard InChI is InChI=1S/C27H28ClFO3/c1-5-32-23-11-7-9-19-18(8-6-10-20(19)23)16-22(30)25-21(28)14-12-17(26(25)29)13-15-24(31)27(2,3)4/h6-12,14H,5,13,15-16H2,1-4H3. The SMILES string of the molecule is CCOc1cccc2c(CC(=O)c3c(Cl)ccc(CCC(=O)C(C)(C)C)c3F)cccc12. The van der Waals surface area contributed by atoms with Gasteiger partial charge in [0.05, 0.1) is 17.2 Å². The highest BCUT2D eigenvalue weighted by atomic mass is 35.5. The molecular weight excluding hydrogens is 427 g/mol. The lowest BCUT2D eigenvalue weighted by Crippen LogP contribution is -2.20. The minimum atomic E-state index is -0.639. The molecule has 0 saturated carbocycles. The van der Waals surface area contributed by atoms with Crippen molar-refractivity contribution in [1.82, 2.24) is 0 Å². The second-order valence-electron chi connectivity index (χ2n) is 8.87. The van der Waals surface area contributed by atoms with Crippen molar-refractivity contribution in [3.8, 4) is 5.75 Å². The zero-order chi connectivity index (χ0) is 23.5. The summed E-state index contributed by atoms with van der Waals surface area (Å²) in [4.78, 5) is 25.4. The van der Waals surface area contributed by atoms with Crippen molar-refractivity contribution in [1.29, 1.82) is 0 Å². The van der Waals surface area contributed by atoms with E-state index in [0.717, 1.165) is 22.1 Å². The average Bonchev–Trinajstić information content (AvgIpc) is 2.73. The van der Waals surface area contributed by atoms with Gasteiger partial charge < -0.3 is 4.74 Å². The highest BCUT2D eigenvalue weighted by molar-refractivity contribution is 6.34. The zero-order valence-electron chi connectivity index (χ0n) is 18.9. The second kappa shape index (κ2) is 9.83. The van der Waals surface area contributed by atoms with Crippen LogP contribution in [0.15, 0.2) is 48.5 Å². The molecule has 0 unspecified atom stereocenters. The van der Waals surface area contributed by atoms with E-state index >= 15 is 4.39 Å². The number of carbonyl (C=O) groups excluding carboxylic acids is 2. The van der Waals surface area contributed by atoms with E-state index in [-0.39, 0.29) is 35.6 Å². The normalized spacial score (nSPS) is 11.6. The molecule has 0 aliphatic carbocycles. The first kappa shape index (κ1) is 23.9. The number of Topliss-reactive ketones (excluding diaryl/α,β-unsaturated/α-hetero) is 2. The third-order valence-electron chi connectivity index (χ3n) is 5.53. The summed E-state index contributed by atoms with van der Waals surface area (Å²) >= 11 is 6.23. The monoisotopic (exact) mass is 454 g/mol. The molecule has 5 heteroatoms. The Balaban J connectivity index is 1.90. The molecule has 0 amide bonds. The van der Waals surface area contributed by atoms with Gasteiger partial charge in [0.15, 0.2) is 5.78 Å². The maximum Gasteiger partial charge on any atom is 0.171 e. The van der Waals surface area contributed by atoms with Gasteiger partial charge in [-0.15, -0.1) is 0 Å². The highest BCUT2D eigenvalue weighted by Crippen LogP contribution is 2.31. The van der Waals surface area contributed by atoms with Crippen molar-refractivity contribution in [2.45, 2.75) is 47.0 Å². The molecular formula is C27H28ClFO3. The Labute approximate surface area is 193 Å². The minimum absolute atomic E-state index is 0.00787. The number of aryl methyl sites for hydroxylation is 1. The van der Waals surface area contributed by atoms with Crippen molar-refractivity contribution in [3.05, 3.63) is 76.1 Å². The fraction of sp³-hybridized carbons (Fsp3) is 0.333. The van der Waals surface area contributed by atoms with E-state index < -0.39 is 17.0 Å². The predicted molar refractivity (Wildman–Crippen MR) is 127 cm³/mol. The number of carbonyl (C=O) groups is 2. The lowest BCUT2D eigenvalue weighted by molar-refractivity contribution is -0.126. The molecule has 168 valence electrons. The van der Waals surface area contributed by atoms with E-state index in [1.165, 1.54) is 6.07 Å². The van der Waals surface area contributed by atoms with Gasteiger partial charge in [-0.05, 0) is 42.0 Å². The topological polar surface area (TPSA) is 43.4 Å². The fourth-order valence-corrected chi connectivity index (χ4v) is 3.96. The molecule has 0 aromatic heterocycles. The Kier molecular flexibility index (Phi) is 7.35. The van der Waals surface area contributed by atoms with Gasteiger partial charge in [0.2, 0.25) is 0 Å². The molecule has 0 aliphatic rings. The molecule has 0 saturated heterocycles. The third kappa shape index (κ3) is 5.18. The van der Waals surface area contributed by atoms with E-state index in [1.54, 1.807) is 6.07 Å². The molecule has 3 rings (SSSR count). The molecule has 3 aromatic rings. The van der Waals surface area contributed by atoms with E-state index in [0.29, 0.717) is 12.2 Å². The summed E-state index contributed by atoms with van der Waals surface area (Å²) in [7, 11) is 0. The van der Waals surface area contributed by atoms with Crippen molar-refractivity contribution in [2.24, 2.45) is 5.41 Å². The van der Waals surface area contributed by atoms with Crippen LogP contribution in [0, 0.1) is 11.2 Å². The Hall–Kier alpha value is -2.72. The highest BCUT2D eigenvalue weighted by Gasteiger charge is 2.24. The second-order valence-corrected chi connectivity index (χ2v) is 9.28. The minimum Gasteiger partial charge on any atom is -0.493 e. The number of hydrogen-bond acceptors (Lipinski definition) is 3. The molecule has 0 atom stereocenters. The van der Waals surface area contributed by atoms with Crippen LogP contribution in [0.1, 0.15) is 55.6 Å². The summed E-state index contributed by atoms with van der Waals surface area (Å²) in [6.07, 6.45) is 0.443. The number of fused-ring (bicyclic) bond motifs is 1. The Morgan fingerprint density at radius 2 is 1.66 bits per heavy atom. The molecule has 32 heavy (non-hydrogen) atoms. The van der Waals surface area contributed by atoms with Crippen LogP contribution in [0.5, 0.6) is 5.75 Å². The summed E-state index contributed by atoms with van der Waals surface area (Å²) in [5.74, 6) is -0.250. The molecule has 0 fully saturated rings. The van der Waals surface area contributed by atoms with Gasteiger partial charge in [-0.3, -0.25) is 9.59 Å². The summed E-state index contributed by atoms with van der Waals surface area (Å²) in [6, 6.07) is 14.4. The number of ether oxygens (including phenoxy) is 1. The van der Waals surface area contributed by atoms with Crippen molar-refractivity contribution in [3.63, 3.8) is 0 Å². The lowest BCUT2D eigenvalue weighted by atomic mass is 9.87. The summed E-state index contributed by atoms with van der Waals surface area (Å²) < 4.78 is 21.0. The van der Waals surface area contributed by atoms with Gasteiger partial charge >= 0.3 is 0 Å². The Morgan fingerprint density at radius 1 is 0.969 bits per heavy atom. The third-order valence-corrected chi connectivity index (χ3v) is 5.85. The first-order valence-corrected chi connectivity index (χ1v) is 11.2. The maximum absolute atomic E-state index is 15.3. The molecule has 3 aromatic carbocycles. The summed E-state index contributed by atoms with van der Waals surface area (Å²) in [6.45, 7) is 7.96. The molecule has 3 nitrogen and oxygen atoms in total. The van der Waals surface area contributed by atoms with Gasteiger partial charge in [0, 0.05) is 23.6 Å². The van der Waals surface area contributed by atoms with Gasteiger partial charge in [-0.1, -0.05) is 68.8 Å². The van der Waals surface area contributed by atoms with E-state index in [1.807, 2.05) is 64.1 Å². The van der Waals surface area contributed by atoms with Crippen LogP contribution in [0.3, 0.4) is 0 Å². The molecule has 0 spiro atoms. The van der Waals surface area contributed by atoms with Crippen molar-refractivity contribution in [2.75, 3.05) is 6.61 Å². The maximum atomic E-state index is 15.3. The first-order valence-electron chi connectivity index (χ1n) is 10.8. The van der Waals surface area contributed by atoms with Gasteiger partial charge in [0.1, 0.15) is 17.3 Å². The van der Waals surface area contributed by atoms with Gasteiger partial charge in [-0.25, -0.2) is 4.39 Å². The number of halogens is 2. The number of ketones is 2.